The Balaban J connectivity index is 2.38. The van der Waals surface area contributed by atoms with Crippen LogP contribution in [0.4, 0.5) is 0 Å². The summed E-state index contributed by atoms with van der Waals surface area (Å²) < 4.78 is 0. The summed E-state index contributed by atoms with van der Waals surface area (Å²) in [4.78, 5) is 0. The van der Waals surface area contributed by atoms with E-state index in [-0.39, 0.29) is 12.6 Å². The second kappa shape index (κ2) is 4.01. The molecule has 4 N–H and O–H groups in total. The van der Waals surface area contributed by atoms with E-state index in [1.807, 2.05) is 0 Å². The van der Waals surface area contributed by atoms with Crippen molar-refractivity contribution in [3.63, 3.8) is 0 Å². The zero-order valence-corrected chi connectivity index (χ0v) is 6.40. The maximum Gasteiger partial charge on any atom is 0.0952 e. The summed E-state index contributed by atoms with van der Waals surface area (Å²) in [5.74, 6) is 0. The molecule has 0 radical (unpaired) electrons. The first-order valence-corrected chi connectivity index (χ1v) is 3.96. The van der Waals surface area contributed by atoms with Crippen molar-refractivity contribution in [3.8, 4) is 0 Å². The van der Waals surface area contributed by atoms with E-state index < -0.39 is 12.2 Å². The molecule has 0 aromatic rings. The molecule has 3 atom stereocenters. The lowest BCUT2D eigenvalue weighted by Crippen LogP contribution is -2.52. The number of piperidine rings is 1. The molecule has 0 saturated carbocycles. The van der Waals surface area contributed by atoms with E-state index in [1.165, 1.54) is 0 Å². The molecule has 4 nitrogen and oxygen atoms in total. The molecule has 11 heavy (non-hydrogen) atoms. The molecule has 0 bridgehead atoms. The Morgan fingerprint density at radius 2 is 2.09 bits per heavy atom. The van der Waals surface area contributed by atoms with Crippen LogP contribution in [0.1, 0.15) is 12.8 Å². The molecule has 0 spiro atoms. The summed E-state index contributed by atoms with van der Waals surface area (Å²) >= 11 is 0. The summed E-state index contributed by atoms with van der Waals surface area (Å²) in [6.45, 7) is 0.754. The molecular weight excluding hydrogens is 146 g/mol. The molecule has 1 fully saturated rings. The lowest BCUT2D eigenvalue weighted by atomic mass is 9.96. The number of aliphatic hydroxyl groups is 3. The number of nitrogens with one attached hydrogen (secondary N) is 1. The highest BCUT2D eigenvalue weighted by atomic mass is 16.3. The fraction of sp³-hybridized carbons (Fsp3) is 1.00. The third-order valence-electron chi connectivity index (χ3n) is 2.09. The van der Waals surface area contributed by atoms with Crippen LogP contribution in [0.3, 0.4) is 0 Å². The second-order valence-corrected chi connectivity index (χ2v) is 2.92. The smallest absolute Gasteiger partial charge is 0.0952 e. The summed E-state index contributed by atoms with van der Waals surface area (Å²) in [7, 11) is 0. The van der Waals surface area contributed by atoms with Gasteiger partial charge in [0, 0.05) is 12.6 Å². The van der Waals surface area contributed by atoms with Crippen molar-refractivity contribution in [1.29, 1.82) is 0 Å². The maximum atomic E-state index is 9.34. The van der Waals surface area contributed by atoms with E-state index in [1.54, 1.807) is 0 Å². The summed E-state index contributed by atoms with van der Waals surface area (Å²) in [6, 6.07) is -0.149. The van der Waals surface area contributed by atoms with Gasteiger partial charge in [0.1, 0.15) is 0 Å². The molecule has 1 heterocycles. The first kappa shape index (κ1) is 8.93. The fourth-order valence-corrected chi connectivity index (χ4v) is 1.39. The van der Waals surface area contributed by atoms with E-state index in [9.17, 15) is 10.2 Å². The molecule has 1 aliphatic heterocycles. The molecular formula is C7H15NO3. The van der Waals surface area contributed by atoms with Crippen LogP contribution in [0, 0.1) is 0 Å². The SMILES string of the molecule is OCC[C@H]1NCC[C@@H](O)[C@@H]1O. The van der Waals surface area contributed by atoms with Crippen molar-refractivity contribution in [2.45, 2.75) is 31.1 Å². The molecule has 1 saturated heterocycles. The van der Waals surface area contributed by atoms with Crippen molar-refractivity contribution in [1.82, 2.24) is 5.32 Å². The molecule has 1 aliphatic rings. The highest BCUT2D eigenvalue weighted by Crippen LogP contribution is 2.11. The number of rotatable bonds is 2. The van der Waals surface area contributed by atoms with Gasteiger partial charge >= 0.3 is 0 Å². The maximum absolute atomic E-state index is 9.34. The van der Waals surface area contributed by atoms with Crippen LogP contribution in [0.2, 0.25) is 0 Å². The van der Waals surface area contributed by atoms with Crippen LogP contribution in [-0.4, -0.2) is 46.7 Å². The quantitative estimate of drug-likeness (QED) is 0.396. The van der Waals surface area contributed by atoms with Crippen molar-refractivity contribution in [2.24, 2.45) is 0 Å². The van der Waals surface area contributed by atoms with Crippen LogP contribution >= 0.6 is 0 Å². The predicted octanol–water partition coefficient (Wildman–Crippen LogP) is -1.55. The molecule has 66 valence electrons. The zero-order valence-electron chi connectivity index (χ0n) is 6.40. The first-order valence-electron chi connectivity index (χ1n) is 3.96. The molecule has 1 rings (SSSR count). The molecule has 0 unspecified atom stereocenters. The molecule has 4 heteroatoms. The van der Waals surface area contributed by atoms with Gasteiger partial charge in [-0.3, -0.25) is 0 Å². The first-order chi connectivity index (χ1) is 5.25. The second-order valence-electron chi connectivity index (χ2n) is 2.92. The van der Waals surface area contributed by atoms with Crippen LogP contribution in [0.5, 0.6) is 0 Å². The normalized spacial score (nSPS) is 39.0. The minimum absolute atomic E-state index is 0.0431. The Kier molecular flexibility index (Phi) is 3.26. The van der Waals surface area contributed by atoms with Gasteiger partial charge in [-0.15, -0.1) is 0 Å². The van der Waals surface area contributed by atoms with E-state index in [0.717, 1.165) is 0 Å². The van der Waals surface area contributed by atoms with Crippen molar-refractivity contribution < 1.29 is 15.3 Å². The zero-order chi connectivity index (χ0) is 8.27. The highest BCUT2D eigenvalue weighted by Gasteiger charge is 2.29. The van der Waals surface area contributed by atoms with E-state index in [0.29, 0.717) is 19.4 Å². The van der Waals surface area contributed by atoms with E-state index in [4.69, 9.17) is 5.11 Å². The average Bonchev–Trinajstić information content (AvgIpc) is 1.99. The molecule has 0 aliphatic carbocycles. The van der Waals surface area contributed by atoms with Crippen LogP contribution in [0.15, 0.2) is 0 Å². The summed E-state index contributed by atoms with van der Waals surface area (Å²) in [5.41, 5.74) is 0. The Labute approximate surface area is 65.9 Å². The number of aliphatic hydroxyl groups excluding tert-OH is 3. The lowest BCUT2D eigenvalue weighted by molar-refractivity contribution is -0.0309. The minimum Gasteiger partial charge on any atom is -0.396 e. The number of hydrogen-bond acceptors (Lipinski definition) is 4. The Morgan fingerprint density at radius 1 is 1.36 bits per heavy atom. The lowest BCUT2D eigenvalue weighted by Gasteiger charge is -2.32. The van der Waals surface area contributed by atoms with Gasteiger partial charge in [0.05, 0.1) is 12.2 Å². The number of hydrogen-bond donors (Lipinski definition) is 4. The van der Waals surface area contributed by atoms with E-state index >= 15 is 0 Å². The van der Waals surface area contributed by atoms with Crippen molar-refractivity contribution >= 4 is 0 Å². The van der Waals surface area contributed by atoms with Crippen molar-refractivity contribution in [2.75, 3.05) is 13.2 Å². The van der Waals surface area contributed by atoms with Gasteiger partial charge in [-0.25, -0.2) is 0 Å². The molecule has 0 amide bonds. The Bertz CT molecular complexity index is 118. The van der Waals surface area contributed by atoms with Gasteiger partial charge in [0.25, 0.3) is 0 Å². The Morgan fingerprint density at radius 3 is 2.73 bits per heavy atom. The predicted molar refractivity (Wildman–Crippen MR) is 40.1 cm³/mol. The highest BCUT2D eigenvalue weighted by molar-refractivity contribution is 4.86. The van der Waals surface area contributed by atoms with Gasteiger partial charge in [0.15, 0.2) is 0 Å². The standard InChI is InChI=1S/C7H15NO3/c9-4-2-5-7(11)6(10)1-3-8-5/h5-11H,1-4H2/t5-,6-,7-/m1/s1. The van der Waals surface area contributed by atoms with Gasteiger partial charge in [-0.05, 0) is 19.4 Å². The van der Waals surface area contributed by atoms with Crippen molar-refractivity contribution in [3.05, 3.63) is 0 Å². The third-order valence-corrected chi connectivity index (χ3v) is 2.09. The van der Waals surface area contributed by atoms with Crippen LogP contribution < -0.4 is 5.32 Å². The van der Waals surface area contributed by atoms with Gasteiger partial charge in [-0.1, -0.05) is 0 Å². The summed E-state index contributed by atoms with van der Waals surface area (Å²) in [6.07, 6.45) is -0.273. The van der Waals surface area contributed by atoms with E-state index in [2.05, 4.69) is 5.32 Å². The molecule has 0 aromatic heterocycles. The third kappa shape index (κ3) is 2.13. The summed E-state index contributed by atoms with van der Waals surface area (Å²) in [5, 5.41) is 30.2. The Hall–Kier alpha value is -0.160. The van der Waals surface area contributed by atoms with Gasteiger partial charge in [-0.2, -0.15) is 0 Å². The topological polar surface area (TPSA) is 72.7 Å². The monoisotopic (exact) mass is 161 g/mol. The average molecular weight is 161 g/mol. The van der Waals surface area contributed by atoms with Gasteiger partial charge < -0.3 is 20.6 Å². The largest absolute Gasteiger partial charge is 0.396 e. The molecule has 0 aromatic carbocycles. The van der Waals surface area contributed by atoms with Crippen LogP contribution in [0.25, 0.3) is 0 Å². The fourth-order valence-electron chi connectivity index (χ4n) is 1.39. The van der Waals surface area contributed by atoms with Crippen LogP contribution in [-0.2, 0) is 0 Å². The van der Waals surface area contributed by atoms with Gasteiger partial charge in [0.2, 0.25) is 0 Å². The minimum atomic E-state index is -0.726.